The lowest BCUT2D eigenvalue weighted by atomic mass is 10.0. The third kappa shape index (κ3) is 1.79. The van der Waals surface area contributed by atoms with Gasteiger partial charge in [0.1, 0.15) is 6.07 Å². The number of benzene rings is 1. The van der Waals surface area contributed by atoms with Gasteiger partial charge in [0.2, 0.25) is 0 Å². The van der Waals surface area contributed by atoms with Gasteiger partial charge in [-0.25, -0.2) is 0 Å². The summed E-state index contributed by atoms with van der Waals surface area (Å²) in [6.07, 6.45) is 0. The van der Waals surface area contributed by atoms with Crippen LogP contribution in [0.15, 0.2) is 12.1 Å². The Hall–Kier alpha value is -1.53. The fourth-order valence-electron chi connectivity index (χ4n) is 1.03. The van der Waals surface area contributed by atoms with Gasteiger partial charge in [-0.2, -0.15) is 5.26 Å². The van der Waals surface area contributed by atoms with Crippen molar-refractivity contribution in [3.8, 4) is 6.07 Å². The number of hydrogen-bond donors (Lipinski definition) is 1. The standard InChI is InChI=1S/C9H7ClN2O/c1-5(13)7-2-6(10)3-9(12)8(7)4-11/h2-3H,12H2,1H3. The summed E-state index contributed by atoms with van der Waals surface area (Å²) in [7, 11) is 0. The molecular weight excluding hydrogens is 188 g/mol. The van der Waals surface area contributed by atoms with E-state index in [1.165, 1.54) is 19.1 Å². The minimum absolute atomic E-state index is 0.192. The van der Waals surface area contributed by atoms with Crippen molar-refractivity contribution >= 4 is 23.1 Å². The van der Waals surface area contributed by atoms with Crippen LogP contribution in [0.25, 0.3) is 0 Å². The first-order valence-corrected chi connectivity index (χ1v) is 3.94. The van der Waals surface area contributed by atoms with Crippen molar-refractivity contribution in [1.29, 1.82) is 5.26 Å². The minimum atomic E-state index is -0.217. The average molecular weight is 195 g/mol. The molecule has 0 radical (unpaired) electrons. The molecule has 1 aromatic rings. The van der Waals surface area contributed by atoms with Gasteiger partial charge in [-0.1, -0.05) is 11.6 Å². The number of Topliss-reactive ketones (excluding diaryl/α,β-unsaturated/α-hetero) is 1. The van der Waals surface area contributed by atoms with Crippen LogP contribution < -0.4 is 5.73 Å². The molecule has 0 bridgehead atoms. The van der Waals surface area contributed by atoms with Crippen molar-refractivity contribution in [3.63, 3.8) is 0 Å². The van der Waals surface area contributed by atoms with E-state index in [4.69, 9.17) is 22.6 Å². The Morgan fingerprint density at radius 2 is 2.23 bits per heavy atom. The van der Waals surface area contributed by atoms with Crippen LogP contribution in [0.1, 0.15) is 22.8 Å². The van der Waals surface area contributed by atoms with Crippen molar-refractivity contribution in [1.82, 2.24) is 0 Å². The first kappa shape index (κ1) is 9.56. The van der Waals surface area contributed by atoms with E-state index in [0.29, 0.717) is 5.02 Å². The van der Waals surface area contributed by atoms with E-state index in [1.807, 2.05) is 6.07 Å². The summed E-state index contributed by atoms with van der Waals surface area (Å²) in [6.45, 7) is 1.37. The molecule has 1 rings (SSSR count). The van der Waals surface area contributed by atoms with E-state index in [1.54, 1.807) is 0 Å². The van der Waals surface area contributed by atoms with Gasteiger partial charge < -0.3 is 5.73 Å². The summed E-state index contributed by atoms with van der Waals surface area (Å²) in [4.78, 5) is 11.1. The van der Waals surface area contributed by atoms with Gasteiger partial charge >= 0.3 is 0 Å². The number of anilines is 1. The zero-order chi connectivity index (χ0) is 10.0. The van der Waals surface area contributed by atoms with Crippen LogP contribution in [0.4, 0.5) is 5.69 Å². The summed E-state index contributed by atoms with van der Waals surface area (Å²) in [6, 6.07) is 4.76. The number of rotatable bonds is 1. The predicted octanol–water partition coefficient (Wildman–Crippen LogP) is 2.00. The van der Waals surface area contributed by atoms with E-state index in [-0.39, 0.29) is 22.6 Å². The van der Waals surface area contributed by atoms with E-state index in [9.17, 15) is 4.79 Å². The molecule has 0 aliphatic carbocycles. The summed E-state index contributed by atoms with van der Waals surface area (Å²) < 4.78 is 0. The highest BCUT2D eigenvalue weighted by atomic mass is 35.5. The molecule has 0 unspecified atom stereocenters. The number of carbonyl (C=O) groups excluding carboxylic acids is 1. The first-order chi connectivity index (χ1) is 6.06. The maximum absolute atomic E-state index is 11.1. The normalized spacial score (nSPS) is 9.31. The summed E-state index contributed by atoms with van der Waals surface area (Å²) in [5, 5.41) is 9.08. The number of nitrogens with two attached hydrogens (primary N) is 1. The van der Waals surface area contributed by atoms with Crippen molar-refractivity contribution in [2.24, 2.45) is 0 Å². The minimum Gasteiger partial charge on any atom is -0.398 e. The van der Waals surface area contributed by atoms with Gasteiger partial charge in [0.05, 0.1) is 11.3 Å². The maximum atomic E-state index is 11.1. The molecule has 1 aromatic carbocycles. The lowest BCUT2D eigenvalue weighted by Crippen LogP contribution is -2.01. The van der Waals surface area contributed by atoms with E-state index >= 15 is 0 Å². The molecule has 66 valence electrons. The van der Waals surface area contributed by atoms with Crippen molar-refractivity contribution in [3.05, 3.63) is 28.3 Å². The Balaban J connectivity index is 3.50. The molecule has 13 heavy (non-hydrogen) atoms. The largest absolute Gasteiger partial charge is 0.398 e. The molecule has 0 spiro atoms. The highest BCUT2D eigenvalue weighted by molar-refractivity contribution is 6.31. The Labute approximate surface area is 80.7 Å². The Bertz CT molecular complexity index is 407. The second-order valence-corrected chi connectivity index (χ2v) is 3.02. The second-order valence-electron chi connectivity index (χ2n) is 2.59. The second kappa shape index (κ2) is 3.46. The van der Waals surface area contributed by atoms with Gasteiger partial charge in [-0.15, -0.1) is 0 Å². The number of nitrogen functional groups attached to an aromatic ring is 1. The molecule has 0 aliphatic heterocycles. The highest BCUT2D eigenvalue weighted by Gasteiger charge is 2.11. The average Bonchev–Trinajstić information content (AvgIpc) is 2.02. The molecule has 0 atom stereocenters. The molecule has 0 saturated heterocycles. The zero-order valence-electron chi connectivity index (χ0n) is 6.97. The van der Waals surface area contributed by atoms with Crippen LogP contribution >= 0.6 is 11.6 Å². The van der Waals surface area contributed by atoms with E-state index < -0.39 is 0 Å². The molecule has 0 saturated carbocycles. The number of nitrogens with zero attached hydrogens (tertiary/aromatic N) is 1. The predicted molar refractivity (Wildman–Crippen MR) is 50.6 cm³/mol. The number of ketones is 1. The fraction of sp³-hybridized carbons (Fsp3) is 0.111. The lowest BCUT2D eigenvalue weighted by Gasteiger charge is -2.03. The molecule has 0 heterocycles. The molecule has 0 fully saturated rings. The van der Waals surface area contributed by atoms with Crippen molar-refractivity contribution < 1.29 is 4.79 Å². The third-order valence-corrected chi connectivity index (χ3v) is 1.84. The van der Waals surface area contributed by atoms with Crippen LogP contribution in [-0.2, 0) is 0 Å². The summed E-state index contributed by atoms with van der Waals surface area (Å²) >= 11 is 5.68. The lowest BCUT2D eigenvalue weighted by molar-refractivity contribution is 0.101. The number of hydrogen-bond acceptors (Lipinski definition) is 3. The Morgan fingerprint density at radius 3 is 2.69 bits per heavy atom. The molecule has 0 amide bonds. The number of carbonyl (C=O) groups is 1. The number of nitriles is 1. The monoisotopic (exact) mass is 194 g/mol. The van der Waals surface area contributed by atoms with Gasteiger partial charge in [0.25, 0.3) is 0 Å². The summed E-state index contributed by atoms with van der Waals surface area (Å²) in [5.74, 6) is -0.217. The smallest absolute Gasteiger partial charge is 0.161 e. The fourth-order valence-corrected chi connectivity index (χ4v) is 1.26. The SMILES string of the molecule is CC(=O)c1cc(Cl)cc(N)c1C#N. The van der Waals surface area contributed by atoms with Gasteiger partial charge in [-0.05, 0) is 19.1 Å². The highest BCUT2D eigenvalue weighted by Crippen LogP contribution is 2.22. The maximum Gasteiger partial charge on any atom is 0.161 e. The Morgan fingerprint density at radius 1 is 1.62 bits per heavy atom. The van der Waals surface area contributed by atoms with Gasteiger partial charge in [0, 0.05) is 10.6 Å². The van der Waals surface area contributed by atoms with Crippen molar-refractivity contribution in [2.75, 3.05) is 5.73 Å². The third-order valence-electron chi connectivity index (χ3n) is 1.62. The van der Waals surface area contributed by atoms with Crippen molar-refractivity contribution in [2.45, 2.75) is 6.92 Å². The molecular formula is C9H7ClN2O. The van der Waals surface area contributed by atoms with Gasteiger partial charge in [0.15, 0.2) is 5.78 Å². The molecule has 0 aromatic heterocycles. The zero-order valence-corrected chi connectivity index (χ0v) is 7.72. The van der Waals surface area contributed by atoms with E-state index in [2.05, 4.69) is 0 Å². The Kier molecular flexibility index (Phi) is 2.54. The summed E-state index contributed by atoms with van der Waals surface area (Å²) in [5.41, 5.74) is 6.21. The molecule has 3 nitrogen and oxygen atoms in total. The van der Waals surface area contributed by atoms with Gasteiger partial charge in [-0.3, -0.25) is 4.79 Å². The number of halogens is 1. The van der Waals surface area contributed by atoms with Crippen LogP contribution in [-0.4, -0.2) is 5.78 Å². The molecule has 0 aliphatic rings. The molecule has 2 N–H and O–H groups in total. The van der Waals surface area contributed by atoms with Crippen LogP contribution in [0, 0.1) is 11.3 Å². The molecule has 4 heteroatoms. The van der Waals surface area contributed by atoms with E-state index in [0.717, 1.165) is 0 Å². The van der Waals surface area contributed by atoms with Crippen LogP contribution in [0.3, 0.4) is 0 Å². The first-order valence-electron chi connectivity index (χ1n) is 3.56. The van der Waals surface area contributed by atoms with Crippen LogP contribution in [0.2, 0.25) is 5.02 Å². The topological polar surface area (TPSA) is 66.9 Å². The van der Waals surface area contributed by atoms with Crippen LogP contribution in [0.5, 0.6) is 0 Å². The quantitative estimate of drug-likeness (QED) is 0.549.